The molecule has 3 heterocycles. The molecule has 1 atom stereocenters. The number of anilines is 1. The quantitative estimate of drug-likeness (QED) is 0.300. The normalized spacial score (nSPS) is 13.6. The lowest BCUT2D eigenvalue weighted by molar-refractivity contribution is -0.174. The van der Waals surface area contributed by atoms with Crippen molar-refractivity contribution in [1.82, 2.24) is 15.0 Å². The number of rotatable bonds is 12. The summed E-state index contributed by atoms with van der Waals surface area (Å²) in [5.41, 5.74) is 2.10. The topological polar surface area (TPSA) is 134 Å². The number of aliphatic carboxylic acids is 1. The molecule has 10 nitrogen and oxygen atoms in total. The van der Waals surface area contributed by atoms with Gasteiger partial charge in [0.15, 0.2) is 5.75 Å². The van der Waals surface area contributed by atoms with Crippen molar-refractivity contribution in [3.05, 3.63) is 46.4 Å². The Morgan fingerprint density at radius 2 is 2.12 bits per heavy atom. The molecular weight excluding hydrogens is 464 g/mol. The summed E-state index contributed by atoms with van der Waals surface area (Å²) < 4.78 is 5.14. The van der Waals surface area contributed by atoms with E-state index in [4.69, 9.17) is 21.2 Å². The summed E-state index contributed by atoms with van der Waals surface area (Å²) in [4.78, 5) is 38.6. The summed E-state index contributed by atoms with van der Waals surface area (Å²) in [5.74, 6) is -1.04. The minimum absolute atomic E-state index is 0.0189. The monoisotopic (exact) mass is 492 g/mol. The minimum atomic E-state index is -1.22. The molecular formula is C23H29ClN4O6. The maximum absolute atomic E-state index is 12.8. The van der Waals surface area contributed by atoms with Crippen molar-refractivity contribution in [3.63, 3.8) is 0 Å². The molecule has 0 fully saturated rings. The molecule has 1 aliphatic rings. The van der Waals surface area contributed by atoms with Crippen LogP contribution in [0.3, 0.4) is 0 Å². The highest BCUT2D eigenvalue weighted by Crippen LogP contribution is 2.26. The van der Waals surface area contributed by atoms with E-state index in [0.29, 0.717) is 19.3 Å². The van der Waals surface area contributed by atoms with E-state index in [2.05, 4.69) is 21.4 Å². The number of ether oxygens (including phenoxy) is 1. The van der Waals surface area contributed by atoms with Crippen LogP contribution in [0.25, 0.3) is 0 Å². The average Bonchev–Trinajstić information content (AvgIpc) is 2.83. The van der Waals surface area contributed by atoms with E-state index < -0.39 is 18.0 Å². The molecule has 3 rings (SSSR count). The molecule has 0 amide bonds. The molecule has 0 saturated heterocycles. The Hall–Kier alpha value is -2.95. The Labute approximate surface area is 202 Å². The number of halogens is 1. The SMILES string of the molecule is COc1cncc(Cl)c1C(=O)ON(CCCCc1ccc2c(n1)NCCC2)[C@@H](CCO)C(=O)O. The number of aliphatic hydroxyl groups excluding tert-OH is 1. The number of carbonyl (C=O) groups is 2. The van der Waals surface area contributed by atoms with Gasteiger partial charge in [0.25, 0.3) is 0 Å². The highest BCUT2D eigenvalue weighted by atomic mass is 35.5. The minimum Gasteiger partial charge on any atom is -0.494 e. The van der Waals surface area contributed by atoms with Gasteiger partial charge in [-0.05, 0) is 50.2 Å². The molecule has 2 aromatic rings. The first-order valence-corrected chi connectivity index (χ1v) is 11.5. The first kappa shape index (κ1) is 25.7. The van der Waals surface area contributed by atoms with E-state index in [1.807, 2.05) is 6.07 Å². The number of carbonyl (C=O) groups excluding carboxylic acids is 1. The number of carboxylic acids is 1. The van der Waals surface area contributed by atoms with E-state index in [9.17, 15) is 19.8 Å². The third kappa shape index (κ3) is 6.55. The molecule has 0 unspecified atom stereocenters. The lowest BCUT2D eigenvalue weighted by Crippen LogP contribution is -2.43. The summed E-state index contributed by atoms with van der Waals surface area (Å²) in [5, 5.41) is 23.4. The Kier molecular flexibility index (Phi) is 9.43. The molecule has 0 radical (unpaired) electrons. The van der Waals surface area contributed by atoms with Gasteiger partial charge < -0.3 is 25.1 Å². The summed E-state index contributed by atoms with van der Waals surface area (Å²) in [7, 11) is 1.36. The van der Waals surface area contributed by atoms with Crippen molar-refractivity contribution in [3.8, 4) is 5.75 Å². The van der Waals surface area contributed by atoms with Crippen molar-refractivity contribution in [2.75, 3.05) is 32.1 Å². The summed E-state index contributed by atoms with van der Waals surface area (Å²) >= 11 is 6.10. The molecule has 0 spiro atoms. The number of aryl methyl sites for hydroxylation is 2. The Bertz CT molecular complexity index is 1010. The number of methoxy groups -OCH3 is 1. The van der Waals surface area contributed by atoms with Gasteiger partial charge in [-0.25, -0.2) is 9.78 Å². The maximum Gasteiger partial charge on any atom is 0.362 e. The number of nitrogens with one attached hydrogen (secondary N) is 1. The van der Waals surface area contributed by atoms with Crippen LogP contribution >= 0.6 is 11.6 Å². The van der Waals surface area contributed by atoms with Crippen molar-refractivity contribution < 1.29 is 29.4 Å². The molecule has 1 aliphatic heterocycles. The number of carboxylic acid groups (broad SMARTS) is 1. The largest absolute Gasteiger partial charge is 0.494 e. The second-order valence-corrected chi connectivity index (χ2v) is 8.29. The van der Waals surface area contributed by atoms with Crippen LogP contribution in [-0.2, 0) is 22.5 Å². The van der Waals surface area contributed by atoms with Gasteiger partial charge in [-0.2, -0.15) is 0 Å². The average molecular weight is 493 g/mol. The molecule has 2 aromatic heterocycles. The first-order chi connectivity index (χ1) is 16.4. The smallest absolute Gasteiger partial charge is 0.362 e. The number of aliphatic hydroxyl groups is 1. The van der Waals surface area contributed by atoms with Gasteiger partial charge in [-0.3, -0.25) is 9.78 Å². The molecule has 11 heteroatoms. The molecule has 34 heavy (non-hydrogen) atoms. The molecule has 0 aliphatic carbocycles. The lowest BCUT2D eigenvalue weighted by atomic mass is 10.1. The van der Waals surface area contributed by atoms with Gasteiger partial charge in [-0.15, -0.1) is 5.06 Å². The Morgan fingerprint density at radius 3 is 2.85 bits per heavy atom. The number of hydrogen-bond donors (Lipinski definition) is 3. The van der Waals surface area contributed by atoms with Crippen LogP contribution in [0.5, 0.6) is 5.75 Å². The number of nitrogens with zero attached hydrogens (tertiary/aromatic N) is 3. The van der Waals surface area contributed by atoms with Crippen LogP contribution < -0.4 is 10.1 Å². The first-order valence-electron chi connectivity index (χ1n) is 11.2. The van der Waals surface area contributed by atoms with Crippen molar-refractivity contribution in [2.24, 2.45) is 0 Å². The van der Waals surface area contributed by atoms with E-state index >= 15 is 0 Å². The van der Waals surface area contributed by atoms with E-state index in [1.54, 1.807) is 0 Å². The second-order valence-electron chi connectivity index (χ2n) is 7.88. The van der Waals surface area contributed by atoms with Crippen LogP contribution in [0.4, 0.5) is 5.82 Å². The third-order valence-electron chi connectivity index (χ3n) is 5.54. The van der Waals surface area contributed by atoms with Gasteiger partial charge in [0, 0.05) is 31.6 Å². The number of hydroxylamine groups is 2. The van der Waals surface area contributed by atoms with Crippen molar-refractivity contribution in [2.45, 2.75) is 44.6 Å². The fraction of sp³-hybridized carbons (Fsp3) is 0.478. The van der Waals surface area contributed by atoms with Crippen LogP contribution in [0.2, 0.25) is 5.02 Å². The predicted molar refractivity (Wildman–Crippen MR) is 125 cm³/mol. The Balaban J connectivity index is 1.66. The molecule has 0 aromatic carbocycles. The summed E-state index contributed by atoms with van der Waals surface area (Å²) in [6, 6.07) is 2.88. The molecule has 0 bridgehead atoms. The number of pyridine rings is 2. The van der Waals surface area contributed by atoms with Gasteiger partial charge in [0.2, 0.25) is 0 Å². The highest BCUT2D eigenvalue weighted by molar-refractivity contribution is 6.33. The molecule has 184 valence electrons. The second kappa shape index (κ2) is 12.5. The van der Waals surface area contributed by atoms with Crippen LogP contribution in [0.15, 0.2) is 24.5 Å². The fourth-order valence-electron chi connectivity index (χ4n) is 3.78. The van der Waals surface area contributed by atoms with Gasteiger partial charge in [0.05, 0.1) is 18.3 Å². The zero-order valence-electron chi connectivity index (χ0n) is 19.0. The van der Waals surface area contributed by atoms with Gasteiger partial charge in [0.1, 0.15) is 17.4 Å². The zero-order chi connectivity index (χ0) is 24.5. The third-order valence-corrected chi connectivity index (χ3v) is 5.82. The predicted octanol–water partition coefficient (Wildman–Crippen LogP) is 2.73. The standard InChI is InChI=1S/C23H29ClN4O6/c1-33-19-14-25-13-17(24)20(19)23(32)34-28(18(9-12-29)22(30)31)11-3-2-6-16-8-7-15-5-4-10-26-21(15)27-16/h7-8,13-14,18,29H,2-6,9-12H2,1H3,(H,26,27)(H,30,31)/t18-/m0/s1. The van der Waals surface area contributed by atoms with E-state index in [-0.39, 0.29) is 35.9 Å². The number of hydrogen-bond acceptors (Lipinski definition) is 9. The van der Waals surface area contributed by atoms with Gasteiger partial charge in [-0.1, -0.05) is 17.7 Å². The lowest BCUT2D eigenvalue weighted by Gasteiger charge is -2.27. The summed E-state index contributed by atoms with van der Waals surface area (Å²) in [6.07, 6.45) is 6.52. The zero-order valence-corrected chi connectivity index (χ0v) is 19.8. The number of unbranched alkanes of at least 4 members (excludes halogenated alkanes) is 1. The van der Waals surface area contributed by atoms with Crippen LogP contribution in [0.1, 0.15) is 47.3 Å². The molecule has 0 saturated carbocycles. The maximum atomic E-state index is 12.8. The van der Waals surface area contributed by atoms with Crippen molar-refractivity contribution >= 4 is 29.4 Å². The van der Waals surface area contributed by atoms with Crippen LogP contribution in [-0.4, -0.2) is 70.0 Å². The van der Waals surface area contributed by atoms with Crippen molar-refractivity contribution in [1.29, 1.82) is 0 Å². The Morgan fingerprint density at radius 1 is 1.29 bits per heavy atom. The number of aromatic nitrogens is 2. The van der Waals surface area contributed by atoms with Gasteiger partial charge >= 0.3 is 11.9 Å². The summed E-state index contributed by atoms with van der Waals surface area (Å²) in [6.45, 7) is 0.685. The number of fused-ring (bicyclic) bond motifs is 1. The van der Waals surface area contributed by atoms with E-state index in [1.165, 1.54) is 25.1 Å². The fourth-order valence-corrected chi connectivity index (χ4v) is 4.01. The highest BCUT2D eigenvalue weighted by Gasteiger charge is 2.30. The van der Waals surface area contributed by atoms with E-state index in [0.717, 1.165) is 36.0 Å². The molecule has 3 N–H and O–H groups in total. The van der Waals surface area contributed by atoms with Crippen LogP contribution in [0, 0.1) is 0 Å².